The van der Waals surface area contributed by atoms with Gasteiger partial charge in [-0.05, 0) is 82.8 Å². The number of aromatic hydroxyl groups is 1. The van der Waals surface area contributed by atoms with Crippen molar-refractivity contribution in [2.45, 2.75) is 19.9 Å². The number of benzene rings is 2. The van der Waals surface area contributed by atoms with Crippen LogP contribution in [-0.2, 0) is 11.3 Å². The molecule has 0 spiro atoms. The average Bonchev–Trinajstić information content (AvgIpc) is 3.50. The molecule has 2 aromatic carbocycles. The molecule has 32 heavy (non-hydrogen) atoms. The maximum absolute atomic E-state index is 14.1. The van der Waals surface area contributed by atoms with E-state index in [0.717, 1.165) is 22.3 Å². The summed E-state index contributed by atoms with van der Waals surface area (Å²) < 4.78 is 30.0. The number of phenols is 1. The first-order valence-corrected chi connectivity index (χ1v) is 10.1. The molecule has 162 valence electrons. The van der Waals surface area contributed by atoms with Crippen molar-refractivity contribution >= 4 is 23.1 Å². The average molecular weight is 433 g/mol. The Balaban J connectivity index is 1.48. The number of halogens is 1. The van der Waals surface area contributed by atoms with E-state index in [1.54, 1.807) is 36.6 Å². The smallest absolute Gasteiger partial charge is 0.231 e. The van der Waals surface area contributed by atoms with Crippen LogP contribution in [0.1, 0.15) is 35.8 Å². The molecule has 0 saturated heterocycles. The van der Waals surface area contributed by atoms with Gasteiger partial charge in [-0.25, -0.2) is 4.39 Å². The summed E-state index contributed by atoms with van der Waals surface area (Å²) in [5, 5.41) is 13.1. The fourth-order valence-corrected chi connectivity index (χ4v) is 4.07. The third-order valence-corrected chi connectivity index (χ3v) is 5.62. The Bertz CT molecular complexity index is 1270. The van der Waals surface area contributed by atoms with E-state index in [1.807, 2.05) is 13.0 Å². The molecule has 0 saturated carbocycles. The van der Waals surface area contributed by atoms with E-state index < -0.39 is 0 Å². The number of furan rings is 1. The van der Waals surface area contributed by atoms with Crippen LogP contribution in [0.4, 0.5) is 4.39 Å². The number of allylic oxidation sites excluding steroid dienone is 2. The monoisotopic (exact) mass is 433 g/mol. The number of ether oxygens (including phenoxy) is 2. The number of nitrogens with one attached hydrogen (secondary N) is 1. The van der Waals surface area contributed by atoms with E-state index in [-0.39, 0.29) is 37.2 Å². The van der Waals surface area contributed by atoms with Gasteiger partial charge in [0.15, 0.2) is 11.5 Å². The van der Waals surface area contributed by atoms with Gasteiger partial charge in [-0.15, -0.1) is 0 Å². The number of carbonyl (C=O) groups excluding carboxylic acids is 1. The first kappa shape index (κ1) is 19.9. The van der Waals surface area contributed by atoms with Crippen LogP contribution in [0.5, 0.6) is 17.2 Å². The lowest BCUT2D eigenvalue weighted by atomic mass is 10.00. The number of rotatable bonds is 5. The largest absolute Gasteiger partial charge is 0.504 e. The summed E-state index contributed by atoms with van der Waals surface area (Å²) in [4.78, 5) is 12.6. The predicted molar refractivity (Wildman–Crippen MR) is 116 cm³/mol. The zero-order valence-corrected chi connectivity index (χ0v) is 17.3. The van der Waals surface area contributed by atoms with Crippen molar-refractivity contribution in [2.24, 2.45) is 0 Å². The highest BCUT2D eigenvalue weighted by Crippen LogP contribution is 2.46. The maximum atomic E-state index is 14.1. The zero-order valence-electron chi connectivity index (χ0n) is 17.3. The van der Waals surface area contributed by atoms with Gasteiger partial charge in [-0.3, -0.25) is 4.79 Å². The van der Waals surface area contributed by atoms with Crippen LogP contribution in [0.25, 0.3) is 17.2 Å². The molecule has 0 unspecified atom stereocenters. The number of fused-ring (bicyclic) bond motifs is 2. The molecular weight excluding hydrogens is 413 g/mol. The second kappa shape index (κ2) is 7.92. The Morgan fingerprint density at radius 2 is 2.06 bits per heavy atom. The highest BCUT2D eigenvalue weighted by Gasteiger charge is 2.26. The third-order valence-electron chi connectivity index (χ3n) is 5.62. The van der Waals surface area contributed by atoms with E-state index in [0.29, 0.717) is 28.4 Å². The van der Waals surface area contributed by atoms with Gasteiger partial charge in [0.2, 0.25) is 18.4 Å². The number of hydrogen-bond donors (Lipinski definition) is 2. The molecule has 1 amide bonds. The Morgan fingerprint density at radius 3 is 2.88 bits per heavy atom. The van der Waals surface area contributed by atoms with Gasteiger partial charge in [0.05, 0.1) is 19.2 Å². The first-order valence-electron chi connectivity index (χ1n) is 10.1. The summed E-state index contributed by atoms with van der Waals surface area (Å²) in [5.74, 6) is 0.879. The van der Waals surface area contributed by atoms with Crippen molar-refractivity contribution in [3.8, 4) is 17.2 Å². The molecule has 2 heterocycles. The number of phenolic OH excluding ortho intramolecular Hbond substituents is 1. The van der Waals surface area contributed by atoms with E-state index >= 15 is 0 Å². The van der Waals surface area contributed by atoms with Gasteiger partial charge in [0.25, 0.3) is 0 Å². The summed E-state index contributed by atoms with van der Waals surface area (Å²) in [6.07, 6.45) is 3.55. The van der Waals surface area contributed by atoms with Crippen LogP contribution in [0.2, 0.25) is 0 Å². The molecule has 0 atom stereocenters. The molecule has 0 bridgehead atoms. The lowest BCUT2D eigenvalue weighted by Crippen LogP contribution is -2.22. The molecule has 1 aliphatic carbocycles. The summed E-state index contributed by atoms with van der Waals surface area (Å²) in [6.45, 7) is 2.25. The lowest BCUT2D eigenvalue weighted by Gasteiger charge is -2.07. The molecule has 0 radical (unpaired) electrons. The van der Waals surface area contributed by atoms with Crippen molar-refractivity contribution in [3.05, 3.63) is 82.6 Å². The second-order valence-electron chi connectivity index (χ2n) is 7.66. The van der Waals surface area contributed by atoms with Crippen molar-refractivity contribution in [1.82, 2.24) is 5.32 Å². The maximum Gasteiger partial charge on any atom is 0.231 e. The van der Waals surface area contributed by atoms with Crippen LogP contribution >= 0.6 is 0 Å². The highest BCUT2D eigenvalue weighted by atomic mass is 19.1. The van der Waals surface area contributed by atoms with Crippen LogP contribution in [-0.4, -0.2) is 17.8 Å². The van der Waals surface area contributed by atoms with Crippen LogP contribution < -0.4 is 14.8 Å². The molecule has 2 N–H and O–H groups in total. The molecule has 0 fully saturated rings. The molecule has 5 rings (SSSR count). The molecule has 7 heteroatoms. The van der Waals surface area contributed by atoms with E-state index in [4.69, 9.17) is 13.9 Å². The minimum absolute atomic E-state index is 0.0108. The fraction of sp³-hybridized carbons (Fsp3) is 0.160. The molecule has 1 aliphatic heterocycles. The summed E-state index contributed by atoms with van der Waals surface area (Å²) in [6, 6.07) is 11.5. The zero-order chi connectivity index (χ0) is 22.2. The second-order valence-corrected chi connectivity index (χ2v) is 7.66. The standard InChI is InChI=1S/C25H20FNO5/c1-14-19(7-15-8-22(28)25-23(9-15)31-13-32-25)18-5-4-16(26)10-21(18)20(14)11-24(29)27-12-17-3-2-6-30-17/h2-10,28H,11-13H2,1H3,(H,27,29). The van der Waals surface area contributed by atoms with E-state index in [2.05, 4.69) is 5.32 Å². The summed E-state index contributed by atoms with van der Waals surface area (Å²) in [7, 11) is 0. The Morgan fingerprint density at radius 1 is 1.19 bits per heavy atom. The number of carbonyl (C=O) groups is 1. The number of hydrogen-bond acceptors (Lipinski definition) is 5. The topological polar surface area (TPSA) is 80.9 Å². The molecular formula is C25H20FNO5. The van der Waals surface area contributed by atoms with Crippen LogP contribution in [0, 0.1) is 5.82 Å². The van der Waals surface area contributed by atoms with Gasteiger partial charge in [-0.1, -0.05) is 6.07 Å². The van der Waals surface area contributed by atoms with Crippen molar-refractivity contribution in [3.63, 3.8) is 0 Å². The summed E-state index contributed by atoms with van der Waals surface area (Å²) in [5.41, 5.74) is 4.71. The van der Waals surface area contributed by atoms with Gasteiger partial charge in [-0.2, -0.15) is 0 Å². The predicted octanol–water partition coefficient (Wildman–Crippen LogP) is 4.89. The minimum atomic E-state index is -0.369. The van der Waals surface area contributed by atoms with E-state index in [9.17, 15) is 14.3 Å². The normalized spacial score (nSPS) is 15.4. The van der Waals surface area contributed by atoms with Gasteiger partial charge >= 0.3 is 0 Å². The van der Waals surface area contributed by atoms with Gasteiger partial charge in [0, 0.05) is 0 Å². The van der Waals surface area contributed by atoms with Crippen molar-refractivity contribution in [1.29, 1.82) is 0 Å². The van der Waals surface area contributed by atoms with Crippen molar-refractivity contribution < 1.29 is 28.2 Å². The SMILES string of the molecule is CC1=C(CC(=O)NCc2ccco2)c2cc(F)ccc2C1=Cc1cc(O)c2c(c1)OCO2. The van der Waals surface area contributed by atoms with E-state index in [1.165, 1.54) is 12.1 Å². The summed E-state index contributed by atoms with van der Waals surface area (Å²) >= 11 is 0. The first-order chi connectivity index (χ1) is 15.5. The van der Waals surface area contributed by atoms with Gasteiger partial charge in [0.1, 0.15) is 11.6 Å². The highest BCUT2D eigenvalue weighted by molar-refractivity contribution is 6.08. The van der Waals surface area contributed by atoms with Crippen LogP contribution in [0.15, 0.2) is 58.7 Å². The lowest BCUT2D eigenvalue weighted by molar-refractivity contribution is -0.120. The molecule has 2 aliphatic rings. The fourth-order valence-electron chi connectivity index (χ4n) is 4.07. The Hall–Kier alpha value is -4.00. The Kier molecular flexibility index (Phi) is 4.93. The molecule has 3 aromatic rings. The minimum Gasteiger partial charge on any atom is -0.504 e. The molecule has 6 nitrogen and oxygen atoms in total. The van der Waals surface area contributed by atoms with Gasteiger partial charge < -0.3 is 24.3 Å². The quantitative estimate of drug-likeness (QED) is 0.599. The Labute approximate surface area is 183 Å². The molecule has 1 aromatic heterocycles. The van der Waals surface area contributed by atoms with Crippen molar-refractivity contribution in [2.75, 3.05) is 6.79 Å². The van der Waals surface area contributed by atoms with Crippen LogP contribution in [0.3, 0.4) is 0 Å². The third kappa shape index (κ3) is 3.62. The number of amides is 1.